The van der Waals surface area contributed by atoms with Crippen molar-refractivity contribution in [3.8, 4) is 0 Å². The van der Waals surface area contributed by atoms with Gasteiger partial charge in [-0.05, 0) is 27.7 Å². The fourth-order valence-electron chi connectivity index (χ4n) is 1.78. The molecule has 0 amide bonds. The molecule has 0 saturated heterocycles. The molecule has 0 saturated carbocycles. The molecular weight excluding hydrogens is 436 g/mol. The normalized spacial score (nSPS) is 10.3. The van der Waals surface area contributed by atoms with E-state index in [0.717, 1.165) is 27.7 Å². The molecule has 14 heteroatoms. The number of hydrogen-bond donors (Lipinski definition) is 0. The molecule has 178 valence electrons. The monoisotopic (exact) mass is 460 g/mol. The zero-order valence-electron chi connectivity index (χ0n) is 18.0. The fraction of sp³-hybridized carbons (Fsp3) is 0.556. The van der Waals surface area contributed by atoms with E-state index in [1.165, 1.54) is 0 Å². The van der Waals surface area contributed by atoms with Crippen molar-refractivity contribution in [3.05, 3.63) is 0 Å². The maximum absolute atomic E-state index is 11.7. The summed E-state index contributed by atoms with van der Waals surface area (Å²) in [6.07, 6.45) is -2.64. The number of rotatable bonds is 15. The second-order valence-corrected chi connectivity index (χ2v) is 6.48. The maximum atomic E-state index is 11.7. The minimum Gasteiger partial charge on any atom is -0.332 e. The van der Waals surface area contributed by atoms with Gasteiger partial charge < -0.3 is 19.4 Å². The van der Waals surface area contributed by atoms with Gasteiger partial charge in [-0.2, -0.15) is 0 Å². The van der Waals surface area contributed by atoms with E-state index in [1.54, 1.807) is 0 Å². The predicted molar refractivity (Wildman–Crippen MR) is 99.0 cm³/mol. The van der Waals surface area contributed by atoms with Crippen molar-refractivity contribution in [2.45, 2.75) is 53.4 Å². The van der Waals surface area contributed by atoms with Crippen molar-refractivity contribution < 1.29 is 57.7 Å². The van der Waals surface area contributed by atoms with E-state index >= 15 is 0 Å². The van der Waals surface area contributed by atoms with Crippen molar-refractivity contribution in [1.82, 2.24) is 10.5 Å². The summed E-state index contributed by atoms with van der Waals surface area (Å²) in [7, 11) is 0. The van der Waals surface area contributed by atoms with Crippen LogP contribution in [0.25, 0.3) is 0 Å². The SMILES string of the molecule is CC(=O)CC(=O)ON(CCN(OC(=O)CC(C)=O)OC(=O)CC(C)=O)OC(=O)CC(C)=O. The third kappa shape index (κ3) is 15.3. The Balaban J connectivity index is 5.30. The lowest BCUT2D eigenvalue weighted by Crippen LogP contribution is -2.40. The highest BCUT2D eigenvalue weighted by atomic mass is 17.0. The van der Waals surface area contributed by atoms with Gasteiger partial charge in [-0.25, -0.2) is 19.2 Å². The van der Waals surface area contributed by atoms with Crippen molar-refractivity contribution in [2.24, 2.45) is 0 Å². The highest BCUT2D eigenvalue weighted by Gasteiger charge is 2.24. The van der Waals surface area contributed by atoms with Crippen LogP contribution >= 0.6 is 0 Å². The van der Waals surface area contributed by atoms with Gasteiger partial charge in [0, 0.05) is 10.5 Å². The first-order valence-corrected chi connectivity index (χ1v) is 9.14. The lowest BCUT2D eigenvalue weighted by Gasteiger charge is -2.23. The second kappa shape index (κ2) is 14.5. The van der Waals surface area contributed by atoms with Gasteiger partial charge in [-0.15, -0.1) is 0 Å². The standard InChI is InChI=1S/C18H24N2O12/c1-11(21)7-15(25)29-19(30-16(26)8-12(2)22)5-6-20(31-17(27)9-13(3)23)32-18(28)10-14(4)24/h5-10H2,1-4H3. The topological polar surface area (TPSA) is 180 Å². The molecule has 0 aromatic heterocycles. The molecule has 0 aliphatic carbocycles. The molecule has 0 spiro atoms. The summed E-state index contributed by atoms with van der Waals surface area (Å²) < 4.78 is 0. The van der Waals surface area contributed by atoms with E-state index in [9.17, 15) is 38.4 Å². The number of Topliss-reactive ketones (excluding diaryl/α,β-unsaturated/α-hetero) is 4. The first-order valence-electron chi connectivity index (χ1n) is 9.14. The zero-order chi connectivity index (χ0) is 24.8. The molecule has 0 rings (SSSR count). The van der Waals surface area contributed by atoms with Gasteiger partial charge in [-0.1, -0.05) is 0 Å². The third-order valence-corrected chi connectivity index (χ3v) is 2.85. The Labute approximate surface area is 182 Å². The minimum absolute atomic E-state index is 0.293. The Hall–Kier alpha value is -3.52. The molecule has 0 aromatic carbocycles. The van der Waals surface area contributed by atoms with E-state index in [4.69, 9.17) is 19.4 Å². The van der Waals surface area contributed by atoms with Crippen LogP contribution in [-0.4, -0.2) is 70.6 Å². The van der Waals surface area contributed by atoms with Gasteiger partial charge in [-0.3, -0.25) is 19.2 Å². The predicted octanol–water partition coefficient (Wildman–Crippen LogP) is -0.660. The second-order valence-electron chi connectivity index (χ2n) is 6.48. The molecule has 14 nitrogen and oxygen atoms in total. The van der Waals surface area contributed by atoms with Crippen molar-refractivity contribution in [3.63, 3.8) is 0 Å². The summed E-state index contributed by atoms with van der Waals surface area (Å²) in [5.74, 6) is -6.65. The van der Waals surface area contributed by atoms with Crippen LogP contribution in [0.4, 0.5) is 0 Å². The van der Waals surface area contributed by atoms with Crippen LogP contribution in [-0.2, 0) is 57.7 Å². The molecule has 32 heavy (non-hydrogen) atoms. The Morgan fingerprint density at radius 3 is 0.781 bits per heavy atom. The largest absolute Gasteiger partial charge is 0.336 e. The average molecular weight is 460 g/mol. The molecule has 0 radical (unpaired) electrons. The van der Waals surface area contributed by atoms with Crippen LogP contribution in [0.5, 0.6) is 0 Å². The third-order valence-electron chi connectivity index (χ3n) is 2.85. The Morgan fingerprint density at radius 2 is 0.625 bits per heavy atom. The molecular formula is C18H24N2O12. The summed E-state index contributed by atoms with van der Waals surface area (Å²) in [6.45, 7) is 3.23. The molecule has 0 aliphatic heterocycles. The molecule has 0 fully saturated rings. The van der Waals surface area contributed by atoms with Gasteiger partial charge >= 0.3 is 23.9 Å². The summed E-state index contributed by atoms with van der Waals surface area (Å²) in [4.78, 5) is 110. The number of carbonyl (C=O) groups is 8. The van der Waals surface area contributed by atoms with Gasteiger partial charge in [0.15, 0.2) is 0 Å². The van der Waals surface area contributed by atoms with Crippen LogP contribution in [0.1, 0.15) is 53.4 Å². The quantitative estimate of drug-likeness (QED) is 0.222. The maximum Gasteiger partial charge on any atom is 0.336 e. The van der Waals surface area contributed by atoms with Gasteiger partial charge in [0.2, 0.25) is 0 Å². The molecule has 0 aliphatic rings. The molecule has 0 aromatic rings. The van der Waals surface area contributed by atoms with Crippen molar-refractivity contribution in [2.75, 3.05) is 13.1 Å². The average Bonchev–Trinajstić information content (AvgIpc) is 2.56. The lowest BCUT2D eigenvalue weighted by atomic mass is 10.3. The summed E-state index contributed by atoms with van der Waals surface area (Å²) in [5.41, 5.74) is 0. The number of ketones is 4. The summed E-state index contributed by atoms with van der Waals surface area (Å²) >= 11 is 0. The number of hydrogen-bond acceptors (Lipinski definition) is 14. The summed E-state index contributed by atoms with van der Waals surface area (Å²) in [6, 6.07) is 0. The number of carbonyl (C=O) groups excluding carboxylic acids is 8. The molecule has 0 bridgehead atoms. The number of nitrogens with zero attached hydrogens (tertiary/aromatic N) is 2. The Morgan fingerprint density at radius 1 is 0.438 bits per heavy atom. The number of hydroxylamine groups is 4. The lowest BCUT2D eigenvalue weighted by molar-refractivity contribution is -0.356. The Kier molecular flexibility index (Phi) is 12.9. The van der Waals surface area contributed by atoms with E-state index in [-0.39, 0.29) is 0 Å². The van der Waals surface area contributed by atoms with Gasteiger partial charge in [0.05, 0.1) is 13.1 Å². The van der Waals surface area contributed by atoms with E-state index in [2.05, 4.69) is 0 Å². The smallest absolute Gasteiger partial charge is 0.332 e. The van der Waals surface area contributed by atoms with Crippen molar-refractivity contribution in [1.29, 1.82) is 0 Å². The molecule has 0 unspecified atom stereocenters. The molecule has 0 atom stereocenters. The van der Waals surface area contributed by atoms with Crippen LogP contribution < -0.4 is 0 Å². The van der Waals surface area contributed by atoms with Crippen LogP contribution in [0, 0.1) is 0 Å². The Bertz CT molecular complexity index is 652. The van der Waals surface area contributed by atoms with E-state index < -0.39 is 85.8 Å². The first-order chi connectivity index (χ1) is 14.8. The summed E-state index contributed by atoms with van der Waals surface area (Å²) in [5, 5.41) is 0.586. The minimum atomic E-state index is -1.11. The van der Waals surface area contributed by atoms with Gasteiger partial charge in [0.1, 0.15) is 48.8 Å². The molecule has 0 heterocycles. The highest BCUT2D eigenvalue weighted by molar-refractivity contribution is 5.95. The van der Waals surface area contributed by atoms with Crippen LogP contribution in [0.3, 0.4) is 0 Å². The van der Waals surface area contributed by atoms with Crippen LogP contribution in [0.2, 0.25) is 0 Å². The highest BCUT2D eigenvalue weighted by Crippen LogP contribution is 2.05. The van der Waals surface area contributed by atoms with Crippen LogP contribution in [0.15, 0.2) is 0 Å². The van der Waals surface area contributed by atoms with Gasteiger partial charge in [0.25, 0.3) is 0 Å². The van der Waals surface area contributed by atoms with E-state index in [1.807, 2.05) is 0 Å². The van der Waals surface area contributed by atoms with Crippen molar-refractivity contribution >= 4 is 47.0 Å². The first kappa shape index (κ1) is 28.5. The molecule has 0 N–H and O–H groups in total. The fourth-order valence-corrected chi connectivity index (χ4v) is 1.78. The van der Waals surface area contributed by atoms with E-state index in [0.29, 0.717) is 10.5 Å². The zero-order valence-corrected chi connectivity index (χ0v) is 18.0.